The lowest BCUT2D eigenvalue weighted by atomic mass is 9.93. The van der Waals surface area contributed by atoms with E-state index in [1.165, 1.54) is 11.3 Å². The lowest BCUT2D eigenvalue weighted by molar-refractivity contribution is 0.247. The second-order valence-corrected chi connectivity index (χ2v) is 5.41. The molecule has 0 saturated carbocycles. The predicted octanol–water partition coefficient (Wildman–Crippen LogP) is 2.61. The molecule has 3 N–H and O–H groups in total. The monoisotopic (exact) mass is 239 g/mol. The van der Waals surface area contributed by atoms with E-state index in [-0.39, 0.29) is 6.61 Å². The second kappa shape index (κ2) is 4.15. The van der Waals surface area contributed by atoms with Crippen LogP contribution in [0, 0.1) is 0 Å². The summed E-state index contributed by atoms with van der Waals surface area (Å²) in [5, 5.41) is 8.81. The number of halogens is 2. The van der Waals surface area contributed by atoms with E-state index in [9.17, 15) is 0 Å². The average molecular weight is 240 g/mol. The molecule has 13 heavy (non-hydrogen) atoms. The van der Waals surface area contributed by atoms with Gasteiger partial charge in [0.25, 0.3) is 0 Å². The molecule has 1 rings (SSSR count). The standard InChI is InChI=1S/C8H11Cl2NOS/c1-8(11,2-3-12)5-4-6(9)13-7(5)10/h4,12H,2-3,11H2,1H3/t8-/m1/s1. The zero-order valence-electron chi connectivity index (χ0n) is 7.18. The van der Waals surface area contributed by atoms with Crippen molar-refractivity contribution in [1.29, 1.82) is 0 Å². The first kappa shape index (κ1) is 11.3. The summed E-state index contributed by atoms with van der Waals surface area (Å²) >= 11 is 13.0. The number of rotatable bonds is 3. The van der Waals surface area contributed by atoms with Crippen molar-refractivity contribution in [3.63, 3.8) is 0 Å². The molecule has 0 unspecified atom stereocenters. The second-order valence-electron chi connectivity index (χ2n) is 3.13. The summed E-state index contributed by atoms with van der Waals surface area (Å²) in [5.74, 6) is 0. The molecule has 2 nitrogen and oxygen atoms in total. The predicted molar refractivity (Wildman–Crippen MR) is 57.6 cm³/mol. The molecule has 0 aliphatic rings. The van der Waals surface area contributed by atoms with E-state index in [4.69, 9.17) is 34.0 Å². The normalized spacial score (nSPS) is 15.8. The van der Waals surface area contributed by atoms with E-state index in [1.807, 2.05) is 6.92 Å². The van der Waals surface area contributed by atoms with Gasteiger partial charge in [-0.2, -0.15) is 0 Å². The average Bonchev–Trinajstić information content (AvgIpc) is 2.30. The van der Waals surface area contributed by atoms with Crippen LogP contribution in [0.25, 0.3) is 0 Å². The van der Waals surface area contributed by atoms with Crippen LogP contribution in [0.1, 0.15) is 18.9 Å². The minimum atomic E-state index is -0.602. The van der Waals surface area contributed by atoms with Gasteiger partial charge in [-0.3, -0.25) is 0 Å². The van der Waals surface area contributed by atoms with Crippen LogP contribution in [0.2, 0.25) is 8.67 Å². The van der Waals surface area contributed by atoms with E-state index in [2.05, 4.69) is 0 Å². The number of aliphatic hydroxyl groups excluding tert-OH is 1. The molecule has 0 aliphatic heterocycles. The van der Waals surface area contributed by atoms with Gasteiger partial charge in [0.15, 0.2) is 0 Å². The van der Waals surface area contributed by atoms with Crippen LogP contribution in [-0.2, 0) is 5.54 Å². The van der Waals surface area contributed by atoms with Crippen LogP contribution in [0.15, 0.2) is 6.07 Å². The summed E-state index contributed by atoms with van der Waals surface area (Å²) < 4.78 is 1.22. The van der Waals surface area contributed by atoms with Crippen LogP contribution in [0.5, 0.6) is 0 Å². The molecular formula is C8H11Cl2NOS. The van der Waals surface area contributed by atoms with Gasteiger partial charge in [0.2, 0.25) is 0 Å². The Morgan fingerprint density at radius 3 is 2.62 bits per heavy atom. The van der Waals surface area contributed by atoms with Gasteiger partial charge in [0, 0.05) is 17.7 Å². The van der Waals surface area contributed by atoms with Gasteiger partial charge < -0.3 is 10.8 Å². The lowest BCUT2D eigenvalue weighted by Gasteiger charge is -2.22. The summed E-state index contributed by atoms with van der Waals surface area (Å²) in [6, 6.07) is 1.75. The first-order valence-electron chi connectivity index (χ1n) is 3.82. The van der Waals surface area contributed by atoms with Gasteiger partial charge in [-0.25, -0.2) is 0 Å². The summed E-state index contributed by atoms with van der Waals surface area (Å²) in [5.41, 5.74) is 6.17. The third-order valence-corrected chi connectivity index (χ3v) is 3.39. The van der Waals surface area contributed by atoms with Gasteiger partial charge >= 0.3 is 0 Å². The molecule has 0 fully saturated rings. The Morgan fingerprint density at radius 1 is 1.62 bits per heavy atom. The van der Waals surface area contributed by atoms with Crippen molar-refractivity contribution < 1.29 is 5.11 Å². The molecule has 74 valence electrons. The number of thiophene rings is 1. The number of nitrogens with two attached hydrogens (primary N) is 1. The molecule has 0 bridgehead atoms. The first-order valence-corrected chi connectivity index (χ1v) is 5.39. The fourth-order valence-corrected chi connectivity index (χ4v) is 2.83. The Balaban J connectivity index is 2.98. The Kier molecular flexibility index (Phi) is 3.60. The maximum atomic E-state index is 8.81. The SMILES string of the molecule is C[C@@](N)(CCO)c1cc(Cl)sc1Cl. The maximum Gasteiger partial charge on any atom is 0.0994 e. The minimum absolute atomic E-state index is 0.0385. The van der Waals surface area contributed by atoms with E-state index in [1.54, 1.807) is 6.07 Å². The fourth-order valence-electron chi connectivity index (χ4n) is 1.10. The fraction of sp³-hybridized carbons (Fsp3) is 0.500. The Bertz CT molecular complexity index is 298. The molecule has 0 amide bonds. The minimum Gasteiger partial charge on any atom is -0.396 e. The Morgan fingerprint density at radius 2 is 2.23 bits per heavy atom. The lowest BCUT2D eigenvalue weighted by Crippen LogP contribution is -2.33. The molecule has 0 spiro atoms. The van der Waals surface area contributed by atoms with Crippen molar-refractivity contribution in [2.45, 2.75) is 18.9 Å². The van der Waals surface area contributed by atoms with E-state index < -0.39 is 5.54 Å². The van der Waals surface area contributed by atoms with Crippen LogP contribution < -0.4 is 5.73 Å². The van der Waals surface area contributed by atoms with Crippen molar-refractivity contribution >= 4 is 34.5 Å². The summed E-state index contributed by atoms with van der Waals surface area (Å²) in [6.45, 7) is 1.87. The molecule has 5 heteroatoms. The van der Waals surface area contributed by atoms with Crippen molar-refractivity contribution in [1.82, 2.24) is 0 Å². The van der Waals surface area contributed by atoms with Gasteiger partial charge in [0.05, 0.1) is 8.67 Å². The summed E-state index contributed by atoms with van der Waals surface area (Å²) in [4.78, 5) is 0. The van der Waals surface area contributed by atoms with Crippen LogP contribution in [0.4, 0.5) is 0 Å². The van der Waals surface area contributed by atoms with E-state index >= 15 is 0 Å². The largest absolute Gasteiger partial charge is 0.396 e. The maximum absolute atomic E-state index is 8.81. The number of hydrogen-bond acceptors (Lipinski definition) is 3. The van der Waals surface area contributed by atoms with Gasteiger partial charge in [-0.15, -0.1) is 11.3 Å². The quantitative estimate of drug-likeness (QED) is 0.853. The Hall–Kier alpha value is 0.200. The van der Waals surface area contributed by atoms with Gasteiger partial charge in [0.1, 0.15) is 0 Å². The number of hydrogen-bond donors (Lipinski definition) is 2. The molecule has 1 heterocycles. The van der Waals surface area contributed by atoms with Crippen LogP contribution in [-0.4, -0.2) is 11.7 Å². The van der Waals surface area contributed by atoms with Crippen molar-refractivity contribution in [3.8, 4) is 0 Å². The molecule has 1 aromatic heterocycles. The van der Waals surface area contributed by atoms with E-state index in [0.717, 1.165) is 5.56 Å². The molecule has 1 aromatic rings. The van der Waals surface area contributed by atoms with Crippen LogP contribution in [0.3, 0.4) is 0 Å². The topological polar surface area (TPSA) is 46.2 Å². The number of aliphatic hydroxyl groups is 1. The molecule has 0 saturated heterocycles. The van der Waals surface area contributed by atoms with Crippen molar-refractivity contribution in [3.05, 3.63) is 20.3 Å². The highest BCUT2D eigenvalue weighted by Crippen LogP contribution is 2.37. The summed E-state index contributed by atoms with van der Waals surface area (Å²) in [6.07, 6.45) is 0.472. The highest BCUT2D eigenvalue weighted by molar-refractivity contribution is 7.20. The third-order valence-electron chi connectivity index (χ3n) is 1.90. The van der Waals surface area contributed by atoms with Crippen molar-refractivity contribution in [2.24, 2.45) is 5.73 Å². The zero-order chi connectivity index (χ0) is 10.1. The highest BCUT2D eigenvalue weighted by atomic mass is 35.5. The Labute approximate surface area is 91.3 Å². The molecule has 0 radical (unpaired) electrons. The smallest absolute Gasteiger partial charge is 0.0994 e. The van der Waals surface area contributed by atoms with E-state index in [0.29, 0.717) is 15.1 Å². The molecule has 1 atom stereocenters. The molecule has 0 aromatic carbocycles. The molecule has 0 aliphatic carbocycles. The zero-order valence-corrected chi connectivity index (χ0v) is 9.51. The molecular weight excluding hydrogens is 229 g/mol. The van der Waals surface area contributed by atoms with Gasteiger partial charge in [-0.05, 0) is 19.4 Å². The van der Waals surface area contributed by atoms with Gasteiger partial charge in [-0.1, -0.05) is 23.2 Å². The van der Waals surface area contributed by atoms with Crippen molar-refractivity contribution in [2.75, 3.05) is 6.61 Å². The first-order chi connectivity index (χ1) is 5.97. The van der Waals surface area contributed by atoms with Crippen LogP contribution >= 0.6 is 34.5 Å². The summed E-state index contributed by atoms with van der Waals surface area (Å²) in [7, 11) is 0. The third kappa shape index (κ3) is 2.58. The highest BCUT2D eigenvalue weighted by Gasteiger charge is 2.25.